The summed E-state index contributed by atoms with van der Waals surface area (Å²) in [6.45, 7) is 3.84. The largest absolute Gasteiger partial charge is 0.361 e. The number of nitrogens with one attached hydrogen (secondary N) is 3. The number of sulfonamides is 1. The van der Waals surface area contributed by atoms with Gasteiger partial charge in [0.15, 0.2) is 15.1 Å². The Morgan fingerprint density at radius 1 is 1.37 bits per heavy atom. The molecule has 0 saturated heterocycles. The van der Waals surface area contributed by atoms with Gasteiger partial charge in [0.25, 0.3) is 10.0 Å². The first-order chi connectivity index (χ1) is 13.0. The molecule has 3 N–H and O–H groups in total. The van der Waals surface area contributed by atoms with E-state index in [1.54, 1.807) is 17.6 Å². The maximum absolute atomic E-state index is 12.9. The molecular formula is C17H18ClN5O2S2. The van der Waals surface area contributed by atoms with E-state index >= 15 is 0 Å². The van der Waals surface area contributed by atoms with Gasteiger partial charge >= 0.3 is 0 Å². The van der Waals surface area contributed by atoms with Crippen LogP contribution in [0.2, 0.25) is 5.15 Å². The molecule has 0 aliphatic heterocycles. The molecule has 10 heteroatoms. The third-order valence-electron chi connectivity index (χ3n) is 4.27. The lowest BCUT2D eigenvalue weighted by molar-refractivity contribution is 0.597. The number of hydrogen-bond donors (Lipinski definition) is 3. The molecule has 3 aromatic heterocycles. The van der Waals surface area contributed by atoms with Crippen molar-refractivity contribution >= 4 is 54.5 Å². The van der Waals surface area contributed by atoms with Crippen LogP contribution < -0.4 is 10.0 Å². The van der Waals surface area contributed by atoms with Gasteiger partial charge in [0.05, 0.1) is 0 Å². The monoisotopic (exact) mass is 423 g/mol. The van der Waals surface area contributed by atoms with E-state index in [1.165, 1.54) is 15.7 Å². The van der Waals surface area contributed by atoms with E-state index in [4.69, 9.17) is 11.6 Å². The summed E-state index contributed by atoms with van der Waals surface area (Å²) in [5.41, 5.74) is 2.58. The first-order valence-corrected chi connectivity index (χ1v) is 11.2. The number of imidazole rings is 1. The molecular weight excluding hydrogens is 406 g/mol. The van der Waals surface area contributed by atoms with Crippen LogP contribution in [0, 0.1) is 0 Å². The molecule has 0 amide bonds. The highest BCUT2D eigenvalue weighted by atomic mass is 35.5. The molecule has 142 valence electrons. The van der Waals surface area contributed by atoms with Gasteiger partial charge in [-0.2, -0.15) is 8.42 Å². The molecule has 0 aliphatic rings. The SMILES string of the molecule is CCNCCc1c[nH]c2ccc(NS(=O)(=O)c3c(Cl)nc4sccn34)cc12. The summed E-state index contributed by atoms with van der Waals surface area (Å²) in [4.78, 5) is 7.85. The molecule has 0 aliphatic carbocycles. The van der Waals surface area contributed by atoms with E-state index in [1.807, 2.05) is 18.3 Å². The number of likely N-dealkylation sites (N-methyl/N-ethyl adjacent to an activating group) is 1. The number of aromatic amines is 1. The number of nitrogens with zero attached hydrogens (tertiary/aromatic N) is 2. The average Bonchev–Trinajstić information content (AvgIpc) is 3.29. The first-order valence-electron chi connectivity index (χ1n) is 8.44. The predicted molar refractivity (Wildman–Crippen MR) is 109 cm³/mol. The van der Waals surface area contributed by atoms with E-state index in [2.05, 4.69) is 26.9 Å². The van der Waals surface area contributed by atoms with Crippen LogP contribution in [0.25, 0.3) is 15.9 Å². The van der Waals surface area contributed by atoms with Crippen LogP contribution in [0.3, 0.4) is 0 Å². The van der Waals surface area contributed by atoms with Crippen molar-refractivity contribution in [3.05, 3.63) is 46.7 Å². The number of fused-ring (bicyclic) bond motifs is 2. The Labute approximate surface area is 165 Å². The fourth-order valence-electron chi connectivity index (χ4n) is 3.03. The molecule has 27 heavy (non-hydrogen) atoms. The first kappa shape index (κ1) is 18.3. The Balaban J connectivity index is 1.67. The summed E-state index contributed by atoms with van der Waals surface area (Å²) >= 11 is 7.40. The number of anilines is 1. The second kappa shape index (κ2) is 7.16. The maximum atomic E-state index is 12.9. The fraction of sp³-hybridized carbons (Fsp3) is 0.235. The smallest absolute Gasteiger partial charge is 0.281 e. The van der Waals surface area contributed by atoms with Crippen molar-refractivity contribution < 1.29 is 8.42 Å². The van der Waals surface area contributed by atoms with Crippen LogP contribution in [0.15, 0.2) is 41.0 Å². The minimum absolute atomic E-state index is 0.0385. The topological polar surface area (TPSA) is 91.3 Å². The van der Waals surface area contributed by atoms with Gasteiger partial charge in [0.1, 0.15) is 0 Å². The Kier molecular flexibility index (Phi) is 4.85. The number of benzene rings is 1. The van der Waals surface area contributed by atoms with Crippen molar-refractivity contribution in [2.75, 3.05) is 17.8 Å². The molecule has 7 nitrogen and oxygen atoms in total. The highest BCUT2D eigenvalue weighted by molar-refractivity contribution is 7.92. The van der Waals surface area contributed by atoms with E-state index < -0.39 is 10.0 Å². The molecule has 0 spiro atoms. The number of aromatic nitrogens is 3. The molecule has 0 unspecified atom stereocenters. The van der Waals surface area contributed by atoms with Crippen molar-refractivity contribution in [1.29, 1.82) is 0 Å². The van der Waals surface area contributed by atoms with Gasteiger partial charge in [0.2, 0.25) is 0 Å². The number of halogens is 1. The fourth-order valence-corrected chi connectivity index (χ4v) is 5.54. The molecule has 0 bridgehead atoms. The van der Waals surface area contributed by atoms with Crippen molar-refractivity contribution in [3.8, 4) is 0 Å². The normalized spacial score (nSPS) is 12.2. The molecule has 0 atom stereocenters. The standard InChI is InChI=1S/C17H18ClN5O2S2/c1-2-19-6-5-11-10-20-14-4-3-12(9-13(11)14)22-27(24,25)16-15(18)21-17-23(16)7-8-26-17/h3-4,7-10,19-20,22H,2,5-6H2,1H3. The highest BCUT2D eigenvalue weighted by Gasteiger charge is 2.25. The summed E-state index contributed by atoms with van der Waals surface area (Å²) in [6, 6.07) is 5.43. The van der Waals surface area contributed by atoms with E-state index in [0.717, 1.165) is 36.0 Å². The minimum Gasteiger partial charge on any atom is -0.361 e. The Morgan fingerprint density at radius 3 is 3.04 bits per heavy atom. The predicted octanol–water partition coefficient (Wildman–Crippen LogP) is 3.48. The lowest BCUT2D eigenvalue weighted by atomic mass is 10.1. The second-order valence-electron chi connectivity index (χ2n) is 6.05. The molecule has 4 rings (SSSR count). The minimum atomic E-state index is -3.88. The van der Waals surface area contributed by atoms with Crippen LogP contribution in [0.4, 0.5) is 5.69 Å². The summed E-state index contributed by atoms with van der Waals surface area (Å²) in [7, 11) is -3.88. The third-order valence-corrected chi connectivity index (χ3v) is 6.81. The molecule has 4 aromatic rings. The van der Waals surface area contributed by atoms with Crippen molar-refractivity contribution in [2.24, 2.45) is 0 Å². The third kappa shape index (κ3) is 3.43. The molecule has 0 radical (unpaired) electrons. The lowest BCUT2D eigenvalue weighted by Crippen LogP contribution is -2.16. The summed E-state index contributed by atoms with van der Waals surface area (Å²) < 4.78 is 29.9. The zero-order valence-corrected chi connectivity index (χ0v) is 16.9. The molecule has 1 aromatic carbocycles. The Bertz CT molecular complexity index is 1210. The maximum Gasteiger partial charge on any atom is 0.281 e. The number of thiazole rings is 1. The van der Waals surface area contributed by atoms with E-state index in [0.29, 0.717) is 10.6 Å². The quantitative estimate of drug-likeness (QED) is 0.397. The summed E-state index contributed by atoms with van der Waals surface area (Å²) in [5.74, 6) is 0. The van der Waals surface area contributed by atoms with Crippen LogP contribution in [-0.4, -0.2) is 35.9 Å². The van der Waals surface area contributed by atoms with Crippen molar-refractivity contribution in [1.82, 2.24) is 19.7 Å². The molecule has 0 fully saturated rings. The van der Waals surface area contributed by atoms with Gasteiger partial charge in [-0.1, -0.05) is 18.5 Å². The number of hydrogen-bond acceptors (Lipinski definition) is 5. The van der Waals surface area contributed by atoms with Crippen LogP contribution in [-0.2, 0) is 16.4 Å². The Hall–Kier alpha value is -2.07. The Morgan fingerprint density at radius 2 is 2.22 bits per heavy atom. The van der Waals surface area contributed by atoms with E-state index in [-0.39, 0.29) is 10.2 Å². The van der Waals surface area contributed by atoms with Gasteiger partial charge < -0.3 is 10.3 Å². The number of rotatable bonds is 7. The van der Waals surface area contributed by atoms with E-state index in [9.17, 15) is 8.42 Å². The van der Waals surface area contributed by atoms with Gasteiger partial charge in [0, 0.05) is 34.4 Å². The van der Waals surface area contributed by atoms with Gasteiger partial charge in [-0.25, -0.2) is 4.98 Å². The van der Waals surface area contributed by atoms with Crippen molar-refractivity contribution in [3.63, 3.8) is 0 Å². The van der Waals surface area contributed by atoms with Gasteiger partial charge in [-0.3, -0.25) is 9.12 Å². The van der Waals surface area contributed by atoms with Gasteiger partial charge in [-0.15, -0.1) is 11.3 Å². The summed E-state index contributed by atoms with van der Waals surface area (Å²) in [5, 5.41) is 5.96. The molecule has 3 heterocycles. The van der Waals surface area contributed by atoms with Crippen molar-refractivity contribution in [2.45, 2.75) is 18.4 Å². The molecule has 0 saturated carbocycles. The lowest BCUT2D eigenvalue weighted by Gasteiger charge is -2.08. The zero-order valence-electron chi connectivity index (χ0n) is 14.5. The average molecular weight is 424 g/mol. The number of H-pyrrole nitrogens is 1. The van der Waals surface area contributed by atoms with Crippen LogP contribution in [0.1, 0.15) is 12.5 Å². The zero-order chi connectivity index (χ0) is 19.0. The second-order valence-corrected chi connectivity index (χ2v) is 8.88. The van der Waals surface area contributed by atoms with Crippen LogP contribution in [0.5, 0.6) is 0 Å². The highest BCUT2D eigenvalue weighted by Crippen LogP contribution is 2.29. The van der Waals surface area contributed by atoms with Crippen LogP contribution >= 0.6 is 22.9 Å². The van der Waals surface area contributed by atoms with Gasteiger partial charge in [-0.05, 0) is 43.3 Å². The summed E-state index contributed by atoms with van der Waals surface area (Å²) in [6.07, 6.45) is 4.46.